The van der Waals surface area contributed by atoms with E-state index < -0.39 is 0 Å². The van der Waals surface area contributed by atoms with Crippen molar-refractivity contribution in [2.24, 2.45) is 5.92 Å². The molecule has 0 atom stereocenters. The fourth-order valence-corrected chi connectivity index (χ4v) is 2.68. The molecule has 0 aliphatic carbocycles. The Bertz CT molecular complexity index is 414. The van der Waals surface area contributed by atoms with Gasteiger partial charge in [0, 0.05) is 24.5 Å². The average molecular weight is 278 g/mol. The van der Waals surface area contributed by atoms with E-state index in [0.29, 0.717) is 12.5 Å². The van der Waals surface area contributed by atoms with Gasteiger partial charge in [0.2, 0.25) is 5.91 Å². The van der Waals surface area contributed by atoms with Gasteiger partial charge in [-0.1, -0.05) is 0 Å². The molecule has 1 aliphatic heterocycles. The third-order valence-electron chi connectivity index (χ3n) is 3.62. The van der Waals surface area contributed by atoms with Crippen LogP contribution in [-0.2, 0) is 11.3 Å². The number of amides is 1. The Labute approximate surface area is 121 Å². The van der Waals surface area contributed by atoms with E-state index in [9.17, 15) is 4.79 Å². The van der Waals surface area contributed by atoms with Crippen LogP contribution in [0.25, 0.3) is 0 Å². The van der Waals surface area contributed by atoms with Crippen LogP contribution < -0.4 is 5.32 Å². The summed E-state index contributed by atoms with van der Waals surface area (Å²) in [6.07, 6.45) is 8.03. The normalized spacial score (nSPS) is 18.1. The summed E-state index contributed by atoms with van der Waals surface area (Å²) in [5.41, 5.74) is -0.142. The van der Waals surface area contributed by atoms with E-state index in [2.05, 4.69) is 19.8 Å². The lowest BCUT2D eigenvalue weighted by atomic mass is 9.96. The first-order chi connectivity index (χ1) is 9.42. The zero-order valence-electron chi connectivity index (χ0n) is 12.8. The van der Waals surface area contributed by atoms with Crippen molar-refractivity contribution in [3.05, 3.63) is 18.7 Å². The smallest absolute Gasteiger partial charge is 0.234 e. The Morgan fingerprint density at radius 1 is 1.35 bits per heavy atom. The van der Waals surface area contributed by atoms with Gasteiger partial charge in [0.1, 0.15) is 0 Å². The molecule has 5 nitrogen and oxygen atoms in total. The monoisotopic (exact) mass is 278 g/mol. The van der Waals surface area contributed by atoms with Crippen molar-refractivity contribution in [3.8, 4) is 0 Å². The van der Waals surface area contributed by atoms with Crippen molar-refractivity contribution in [1.82, 2.24) is 19.8 Å². The summed E-state index contributed by atoms with van der Waals surface area (Å²) in [7, 11) is 0. The predicted octanol–water partition coefficient (Wildman–Crippen LogP) is 1.51. The molecule has 1 aromatic rings. The van der Waals surface area contributed by atoms with Crippen molar-refractivity contribution in [2.75, 3.05) is 19.6 Å². The van der Waals surface area contributed by atoms with E-state index in [0.717, 1.165) is 32.5 Å². The Hall–Kier alpha value is -1.36. The van der Waals surface area contributed by atoms with Gasteiger partial charge in [-0.15, -0.1) is 0 Å². The molecule has 1 aliphatic rings. The summed E-state index contributed by atoms with van der Waals surface area (Å²) in [5.74, 6) is 0.830. The second-order valence-electron chi connectivity index (χ2n) is 6.78. The number of aromatic nitrogens is 2. The molecule has 1 amide bonds. The zero-order chi connectivity index (χ0) is 14.6. The lowest BCUT2D eigenvalue weighted by molar-refractivity contribution is -0.124. The standard InChI is InChI=1S/C15H26N4O/c1-15(2,3)17-14(20)11-18-7-4-13(5-8-18)10-19-9-6-16-12-19/h6,9,12-13H,4-5,7-8,10-11H2,1-3H3,(H,17,20). The lowest BCUT2D eigenvalue weighted by Gasteiger charge is -2.32. The van der Waals surface area contributed by atoms with Crippen LogP contribution in [0.3, 0.4) is 0 Å². The number of rotatable bonds is 4. The maximum atomic E-state index is 11.9. The van der Waals surface area contributed by atoms with Gasteiger partial charge in [-0.2, -0.15) is 0 Å². The molecule has 1 saturated heterocycles. The minimum Gasteiger partial charge on any atom is -0.350 e. The van der Waals surface area contributed by atoms with Crippen molar-refractivity contribution >= 4 is 5.91 Å². The Balaban J connectivity index is 1.70. The van der Waals surface area contributed by atoms with E-state index in [1.807, 2.05) is 39.5 Å². The summed E-state index contributed by atoms with van der Waals surface area (Å²) in [6, 6.07) is 0. The summed E-state index contributed by atoms with van der Waals surface area (Å²) in [5, 5.41) is 3.02. The highest BCUT2D eigenvalue weighted by atomic mass is 16.2. The highest BCUT2D eigenvalue weighted by Crippen LogP contribution is 2.18. The molecule has 0 radical (unpaired) electrons. The van der Waals surface area contributed by atoms with Gasteiger partial charge in [-0.05, 0) is 52.6 Å². The third-order valence-corrected chi connectivity index (χ3v) is 3.62. The maximum absolute atomic E-state index is 11.9. The van der Waals surface area contributed by atoms with Gasteiger partial charge < -0.3 is 9.88 Å². The number of piperidine rings is 1. The Kier molecular flexibility index (Phi) is 4.81. The molecule has 1 aromatic heterocycles. The minimum absolute atomic E-state index is 0.130. The highest BCUT2D eigenvalue weighted by Gasteiger charge is 2.22. The van der Waals surface area contributed by atoms with Gasteiger partial charge >= 0.3 is 0 Å². The van der Waals surface area contributed by atoms with Crippen LogP contribution in [0, 0.1) is 5.92 Å². The van der Waals surface area contributed by atoms with E-state index >= 15 is 0 Å². The first kappa shape index (κ1) is 15.0. The number of imidazole rings is 1. The summed E-state index contributed by atoms with van der Waals surface area (Å²) in [4.78, 5) is 18.2. The molecular formula is C15H26N4O. The summed E-state index contributed by atoms with van der Waals surface area (Å²) >= 11 is 0. The van der Waals surface area contributed by atoms with E-state index in [1.165, 1.54) is 0 Å². The topological polar surface area (TPSA) is 50.2 Å². The number of carbonyl (C=O) groups is 1. The molecule has 0 bridgehead atoms. The molecule has 20 heavy (non-hydrogen) atoms. The first-order valence-corrected chi connectivity index (χ1v) is 7.41. The van der Waals surface area contributed by atoms with Crippen LogP contribution in [0.1, 0.15) is 33.6 Å². The average Bonchev–Trinajstić information content (AvgIpc) is 2.82. The van der Waals surface area contributed by atoms with Gasteiger partial charge in [-0.25, -0.2) is 4.98 Å². The van der Waals surface area contributed by atoms with Crippen molar-refractivity contribution < 1.29 is 4.79 Å². The molecule has 1 N–H and O–H groups in total. The highest BCUT2D eigenvalue weighted by molar-refractivity contribution is 5.78. The first-order valence-electron chi connectivity index (χ1n) is 7.41. The SMILES string of the molecule is CC(C)(C)NC(=O)CN1CCC(Cn2ccnc2)CC1. The van der Waals surface area contributed by atoms with E-state index in [4.69, 9.17) is 0 Å². The maximum Gasteiger partial charge on any atom is 0.234 e. The Morgan fingerprint density at radius 2 is 2.05 bits per heavy atom. The number of nitrogens with one attached hydrogen (secondary N) is 1. The number of hydrogen-bond acceptors (Lipinski definition) is 3. The molecule has 0 saturated carbocycles. The second kappa shape index (κ2) is 6.39. The largest absolute Gasteiger partial charge is 0.350 e. The third kappa shape index (κ3) is 4.96. The molecule has 0 aromatic carbocycles. The Morgan fingerprint density at radius 3 is 2.60 bits per heavy atom. The number of hydrogen-bond donors (Lipinski definition) is 1. The van der Waals surface area contributed by atoms with Gasteiger partial charge in [0.15, 0.2) is 0 Å². The van der Waals surface area contributed by atoms with Gasteiger partial charge in [0.25, 0.3) is 0 Å². The van der Waals surface area contributed by atoms with Crippen LogP contribution in [0.15, 0.2) is 18.7 Å². The molecule has 2 heterocycles. The van der Waals surface area contributed by atoms with Crippen molar-refractivity contribution in [2.45, 2.75) is 45.7 Å². The molecule has 0 spiro atoms. The molecule has 5 heteroatoms. The molecule has 1 fully saturated rings. The van der Waals surface area contributed by atoms with E-state index in [-0.39, 0.29) is 11.4 Å². The molecule has 0 unspecified atom stereocenters. The van der Waals surface area contributed by atoms with Crippen LogP contribution in [0.2, 0.25) is 0 Å². The minimum atomic E-state index is -0.142. The lowest BCUT2D eigenvalue weighted by Crippen LogP contribution is -2.47. The molecule has 112 valence electrons. The number of carbonyl (C=O) groups excluding carboxylic acids is 1. The second-order valence-corrected chi connectivity index (χ2v) is 6.78. The van der Waals surface area contributed by atoms with Gasteiger partial charge in [-0.3, -0.25) is 9.69 Å². The van der Waals surface area contributed by atoms with Gasteiger partial charge in [0.05, 0.1) is 12.9 Å². The van der Waals surface area contributed by atoms with Crippen LogP contribution >= 0.6 is 0 Å². The number of nitrogens with zero attached hydrogens (tertiary/aromatic N) is 3. The quantitative estimate of drug-likeness (QED) is 0.908. The number of likely N-dealkylation sites (tertiary alicyclic amines) is 1. The summed E-state index contributed by atoms with van der Waals surface area (Å²) < 4.78 is 2.15. The van der Waals surface area contributed by atoms with Crippen LogP contribution in [-0.4, -0.2) is 45.5 Å². The fraction of sp³-hybridized carbons (Fsp3) is 0.733. The van der Waals surface area contributed by atoms with Crippen LogP contribution in [0.5, 0.6) is 0 Å². The van der Waals surface area contributed by atoms with E-state index in [1.54, 1.807) is 0 Å². The van der Waals surface area contributed by atoms with Crippen molar-refractivity contribution in [3.63, 3.8) is 0 Å². The van der Waals surface area contributed by atoms with Crippen molar-refractivity contribution in [1.29, 1.82) is 0 Å². The molecule has 2 rings (SSSR count). The predicted molar refractivity (Wildman–Crippen MR) is 79.3 cm³/mol. The zero-order valence-corrected chi connectivity index (χ0v) is 12.8. The fourth-order valence-electron chi connectivity index (χ4n) is 2.68. The molecular weight excluding hydrogens is 252 g/mol. The summed E-state index contributed by atoms with van der Waals surface area (Å²) in [6.45, 7) is 9.64. The van der Waals surface area contributed by atoms with Crippen LogP contribution in [0.4, 0.5) is 0 Å².